The van der Waals surface area contributed by atoms with Crippen LogP contribution in [0.1, 0.15) is 42.9 Å². The zero-order valence-electron chi connectivity index (χ0n) is 16.0. The molecule has 2 aromatic rings. The normalized spacial score (nSPS) is 20.5. The molecular formula is C17H26N6O3S. The Hall–Kier alpha value is -1.94. The van der Waals surface area contributed by atoms with Crippen molar-refractivity contribution < 1.29 is 8.42 Å². The van der Waals surface area contributed by atoms with Gasteiger partial charge in [-0.2, -0.15) is 10.2 Å². The van der Waals surface area contributed by atoms with Crippen molar-refractivity contribution in [1.82, 2.24) is 28.9 Å². The van der Waals surface area contributed by atoms with Crippen LogP contribution in [0.3, 0.4) is 0 Å². The molecule has 1 N–H and O–H groups in total. The third kappa shape index (κ3) is 3.47. The number of aryl methyl sites for hydroxylation is 3. The average Bonchev–Trinajstić information content (AvgIpc) is 3.32. The van der Waals surface area contributed by atoms with Gasteiger partial charge in [0, 0.05) is 32.6 Å². The first-order chi connectivity index (χ1) is 12.8. The summed E-state index contributed by atoms with van der Waals surface area (Å²) in [6, 6.07) is -0.230. The molecule has 9 nitrogen and oxygen atoms in total. The fourth-order valence-electron chi connectivity index (χ4n) is 3.83. The maximum atomic E-state index is 12.9. The molecule has 0 spiro atoms. The van der Waals surface area contributed by atoms with Gasteiger partial charge in [-0.1, -0.05) is 0 Å². The van der Waals surface area contributed by atoms with Crippen LogP contribution in [-0.2, 0) is 36.6 Å². The zero-order valence-corrected chi connectivity index (χ0v) is 16.8. The molecule has 10 heteroatoms. The topological polar surface area (TPSA) is 104 Å². The lowest BCUT2D eigenvalue weighted by molar-refractivity contribution is 0.478. The Kier molecular flexibility index (Phi) is 4.50. The van der Waals surface area contributed by atoms with Gasteiger partial charge in [-0.15, -0.1) is 0 Å². The summed E-state index contributed by atoms with van der Waals surface area (Å²) in [7, 11) is -1.92. The Labute approximate surface area is 158 Å². The number of sulfonamides is 1. The van der Waals surface area contributed by atoms with Crippen LogP contribution in [0.5, 0.6) is 0 Å². The number of nitrogens with one attached hydrogen (secondary N) is 1. The Balaban J connectivity index is 1.49. The maximum Gasteiger partial charge on any atom is 0.345 e. The summed E-state index contributed by atoms with van der Waals surface area (Å²) in [4.78, 5) is 12.8. The van der Waals surface area contributed by atoms with E-state index in [1.807, 2.05) is 0 Å². The largest absolute Gasteiger partial charge is 0.345 e. The van der Waals surface area contributed by atoms with Crippen LogP contribution < -0.4 is 10.4 Å². The summed E-state index contributed by atoms with van der Waals surface area (Å²) >= 11 is 0. The highest BCUT2D eigenvalue weighted by atomic mass is 32.2. The van der Waals surface area contributed by atoms with Crippen molar-refractivity contribution in [2.24, 2.45) is 13.0 Å². The van der Waals surface area contributed by atoms with Gasteiger partial charge in [-0.05, 0) is 45.4 Å². The molecule has 2 aromatic heterocycles. The fourth-order valence-corrected chi connectivity index (χ4v) is 5.57. The number of aromatic nitrogens is 5. The van der Waals surface area contributed by atoms with Gasteiger partial charge in [0.25, 0.3) is 0 Å². The molecule has 1 fully saturated rings. The van der Waals surface area contributed by atoms with Gasteiger partial charge in [-0.3, -0.25) is 9.25 Å². The molecule has 148 valence electrons. The van der Waals surface area contributed by atoms with Gasteiger partial charge in [0.15, 0.2) is 0 Å². The summed E-state index contributed by atoms with van der Waals surface area (Å²) in [6.07, 6.45) is 4.12. The summed E-state index contributed by atoms with van der Waals surface area (Å²) in [5.41, 5.74) is 1.04. The summed E-state index contributed by atoms with van der Waals surface area (Å²) in [5.74, 6) is 1.35. The van der Waals surface area contributed by atoms with Gasteiger partial charge in [0.05, 0.1) is 11.4 Å². The zero-order chi connectivity index (χ0) is 19.3. The molecule has 1 unspecified atom stereocenters. The second-order valence-corrected chi connectivity index (χ2v) is 9.40. The van der Waals surface area contributed by atoms with Crippen LogP contribution in [0.2, 0.25) is 0 Å². The minimum Gasteiger partial charge on any atom is -0.279 e. The van der Waals surface area contributed by atoms with Crippen molar-refractivity contribution in [3.63, 3.8) is 0 Å². The van der Waals surface area contributed by atoms with Crippen LogP contribution in [0.4, 0.5) is 0 Å². The molecule has 1 atom stereocenters. The van der Waals surface area contributed by atoms with Crippen molar-refractivity contribution in [3.05, 3.63) is 27.7 Å². The number of hydrogen-bond acceptors (Lipinski definition) is 5. The van der Waals surface area contributed by atoms with E-state index in [1.165, 1.54) is 12.8 Å². The lowest BCUT2D eigenvalue weighted by Crippen LogP contribution is -2.36. The highest BCUT2D eigenvalue weighted by molar-refractivity contribution is 7.89. The molecule has 0 amide bonds. The Bertz CT molecular complexity index is 1030. The molecular weight excluding hydrogens is 368 g/mol. The maximum absolute atomic E-state index is 12.9. The SMILES string of the molecule is Cc1nn(C)c(C)c1S(=O)(=O)NC1CCc2nn(CC3CC3)c(=O)n2CC1. The molecule has 1 aliphatic carbocycles. The summed E-state index contributed by atoms with van der Waals surface area (Å²) < 4.78 is 33.4. The first-order valence-electron chi connectivity index (χ1n) is 9.45. The molecule has 4 rings (SSSR count). The number of hydrogen-bond donors (Lipinski definition) is 1. The predicted molar refractivity (Wildman–Crippen MR) is 98.9 cm³/mol. The van der Waals surface area contributed by atoms with Crippen LogP contribution in [0.15, 0.2) is 9.69 Å². The quantitative estimate of drug-likeness (QED) is 0.795. The van der Waals surface area contributed by atoms with Gasteiger partial charge in [0.1, 0.15) is 10.7 Å². The smallest absolute Gasteiger partial charge is 0.279 e. The number of rotatable bonds is 5. The monoisotopic (exact) mass is 394 g/mol. The van der Waals surface area contributed by atoms with Crippen LogP contribution >= 0.6 is 0 Å². The second kappa shape index (κ2) is 6.59. The predicted octanol–water partition coefficient (Wildman–Crippen LogP) is 0.489. The molecule has 3 heterocycles. The van der Waals surface area contributed by atoms with Crippen LogP contribution in [-0.4, -0.2) is 38.6 Å². The lowest BCUT2D eigenvalue weighted by Gasteiger charge is -2.16. The molecule has 2 aliphatic rings. The second-order valence-electron chi connectivity index (χ2n) is 7.75. The average molecular weight is 395 g/mol. The van der Waals surface area contributed by atoms with E-state index in [0.717, 1.165) is 5.82 Å². The van der Waals surface area contributed by atoms with Gasteiger partial charge >= 0.3 is 5.69 Å². The Morgan fingerprint density at radius 2 is 1.89 bits per heavy atom. The number of fused-ring (bicyclic) bond motifs is 1. The molecule has 27 heavy (non-hydrogen) atoms. The third-order valence-electron chi connectivity index (χ3n) is 5.58. The molecule has 0 saturated heterocycles. The first-order valence-corrected chi connectivity index (χ1v) is 10.9. The lowest BCUT2D eigenvalue weighted by atomic mass is 10.1. The van der Waals surface area contributed by atoms with Crippen molar-refractivity contribution in [1.29, 1.82) is 0 Å². The van der Waals surface area contributed by atoms with Crippen LogP contribution in [0.25, 0.3) is 0 Å². The Morgan fingerprint density at radius 3 is 2.52 bits per heavy atom. The van der Waals surface area contributed by atoms with Crippen molar-refractivity contribution in [3.8, 4) is 0 Å². The minimum absolute atomic E-state index is 0.0700. The first kappa shape index (κ1) is 18.4. The molecule has 1 aliphatic heterocycles. The third-order valence-corrected chi connectivity index (χ3v) is 7.35. The Morgan fingerprint density at radius 1 is 1.15 bits per heavy atom. The van der Waals surface area contributed by atoms with Gasteiger partial charge in [-0.25, -0.2) is 22.6 Å². The number of nitrogens with zero attached hydrogens (tertiary/aromatic N) is 5. The highest BCUT2D eigenvalue weighted by Gasteiger charge is 2.30. The van der Waals surface area contributed by atoms with Crippen molar-refractivity contribution in [2.75, 3.05) is 0 Å². The van der Waals surface area contributed by atoms with Crippen LogP contribution in [0, 0.1) is 19.8 Å². The van der Waals surface area contributed by atoms with E-state index >= 15 is 0 Å². The fraction of sp³-hybridized carbons (Fsp3) is 0.706. The summed E-state index contributed by atoms with van der Waals surface area (Å²) in [6.45, 7) is 4.64. The standard InChI is InChI=1S/C17H26N6O3S/c1-11-16(12(2)21(3)18-11)27(25,26)20-14-6-7-15-19-23(10-13-4-5-13)17(24)22(15)9-8-14/h13-14,20H,4-10H2,1-3H3. The van der Waals surface area contributed by atoms with E-state index in [0.29, 0.717) is 49.7 Å². The highest BCUT2D eigenvalue weighted by Crippen LogP contribution is 2.30. The van der Waals surface area contributed by atoms with Crippen molar-refractivity contribution in [2.45, 2.75) is 70.0 Å². The molecule has 0 bridgehead atoms. The van der Waals surface area contributed by atoms with E-state index in [4.69, 9.17) is 0 Å². The van der Waals surface area contributed by atoms with Gasteiger partial charge < -0.3 is 0 Å². The summed E-state index contributed by atoms with van der Waals surface area (Å²) in [5, 5.41) is 8.69. The molecule has 0 radical (unpaired) electrons. The molecule has 0 aromatic carbocycles. The molecule has 1 saturated carbocycles. The van der Waals surface area contributed by atoms with Crippen molar-refractivity contribution >= 4 is 10.0 Å². The van der Waals surface area contributed by atoms with E-state index in [1.54, 1.807) is 34.8 Å². The van der Waals surface area contributed by atoms with E-state index in [9.17, 15) is 13.2 Å². The van der Waals surface area contributed by atoms with Gasteiger partial charge in [0.2, 0.25) is 10.0 Å². The van der Waals surface area contributed by atoms with E-state index in [-0.39, 0.29) is 16.6 Å². The minimum atomic E-state index is -3.66. The van der Waals surface area contributed by atoms with E-state index in [2.05, 4.69) is 14.9 Å². The van der Waals surface area contributed by atoms with E-state index < -0.39 is 10.0 Å².